The first-order valence-electron chi connectivity index (χ1n) is 15.9. The van der Waals surface area contributed by atoms with Gasteiger partial charge in [0.15, 0.2) is 17.3 Å². The summed E-state index contributed by atoms with van der Waals surface area (Å²) >= 11 is 2.05. The van der Waals surface area contributed by atoms with Crippen LogP contribution in [0.15, 0.2) is 77.9 Å². The topological polar surface area (TPSA) is 121 Å². The first kappa shape index (κ1) is 32.5. The summed E-state index contributed by atoms with van der Waals surface area (Å²) in [6.45, 7) is 9.99. The van der Waals surface area contributed by atoms with Crippen LogP contribution in [0.4, 0.5) is 0 Å². The lowest BCUT2D eigenvalue weighted by molar-refractivity contribution is -0.421. The number of esters is 1. The maximum absolute atomic E-state index is 13.8. The molecule has 0 spiro atoms. The standard InChI is InChI=1S/C37H39IO9/c1-20(2)35-16-22(4)37-26(33(35)45-36(46-35,47-37)18-23-9-7-6-8-10-23)12-24(17-34(42)30(37)11-21(3)32(34)41)19-44-31(40)14-25-13-29(43-5)28(39)15-27(25)38/h6-13,15,22,26,30,33,39,42H,1,14,16-19H2,2-5H3/t22-,26-,30-,33-,34-,35-,36-,37-/m1/s1. The SMILES string of the molecule is C=C(C)[C@]12C[C@@H](C)[C@@]34O[C@](Cc5ccccc5)(O[C@@H]1[C@H]3C=C(COC(=O)Cc1cc(OC)c(O)cc1I)C[C@]1(O)C(=O)C(C)=C[C@@H]41)O2. The summed E-state index contributed by atoms with van der Waals surface area (Å²) in [5.74, 6) is -3.37. The van der Waals surface area contributed by atoms with Crippen molar-refractivity contribution in [3.05, 3.63) is 92.6 Å². The number of Topliss-reactive ketones (excluding diaryl/α,β-unsaturated/α-hetero) is 1. The Hall–Kier alpha value is -3.03. The van der Waals surface area contributed by atoms with Gasteiger partial charge in [-0.1, -0.05) is 56.0 Å². The summed E-state index contributed by atoms with van der Waals surface area (Å²) in [5.41, 5.74) is -0.221. The smallest absolute Gasteiger partial charge is 0.310 e. The van der Waals surface area contributed by atoms with Crippen molar-refractivity contribution in [3.63, 3.8) is 0 Å². The number of methoxy groups -OCH3 is 1. The first-order chi connectivity index (χ1) is 22.3. The molecule has 10 heteroatoms. The molecule has 2 aromatic carbocycles. The van der Waals surface area contributed by atoms with E-state index < -0.39 is 46.7 Å². The van der Waals surface area contributed by atoms with Gasteiger partial charge in [0, 0.05) is 21.8 Å². The van der Waals surface area contributed by atoms with Crippen molar-refractivity contribution in [1.29, 1.82) is 0 Å². The third kappa shape index (κ3) is 4.85. The van der Waals surface area contributed by atoms with E-state index >= 15 is 0 Å². The summed E-state index contributed by atoms with van der Waals surface area (Å²) in [7, 11) is 1.44. The van der Waals surface area contributed by atoms with Gasteiger partial charge in [0.05, 0.1) is 25.6 Å². The highest BCUT2D eigenvalue weighted by Gasteiger charge is 2.79. The van der Waals surface area contributed by atoms with Crippen molar-refractivity contribution < 1.29 is 43.5 Å². The Kier molecular flexibility index (Phi) is 7.79. The second-order valence-corrected chi connectivity index (χ2v) is 14.9. The number of rotatable bonds is 8. The predicted octanol–water partition coefficient (Wildman–Crippen LogP) is 5.35. The van der Waals surface area contributed by atoms with Crippen LogP contribution in [0.1, 0.15) is 44.7 Å². The zero-order valence-corrected chi connectivity index (χ0v) is 29.0. The molecule has 8 atom stereocenters. The first-order valence-corrected chi connectivity index (χ1v) is 17.0. The number of aliphatic hydroxyl groups is 1. The maximum atomic E-state index is 13.8. The van der Waals surface area contributed by atoms with Gasteiger partial charge in [0.2, 0.25) is 0 Å². The van der Waals surface area contributed by atoms with Crippen molar-refractivity contribution in [2.75, 3.05) is 13.7 Å². The number of fused-ring (bicyclic) bond motifs is 2. The number of ether oxygens (including phenoxy) is 5. The van der Waals surface area contributed by atoms with E-state index in [1.165, 1.54) is 13.2 Å². The van der Waals surface area contributed by atoms with Crippen LogP contribution in [0.25, 0.3) is 0 Å². The van der Waals surface area contributed by atoms with Crippen LogP contribution in [0.5, 0.6) is 11.5 Å². The molecule has 2 aromatic rings. The molecule has 0 unspecified atom stereocenters. The van der Waals surface area contributed by atoms with Crippen molar-refractivity contribution in [2.45, 2.75) is 75.3 Å². The molecule has 0 aromatic heterocycles. The van der Waals surface area contributed by atoms with Crippen molar-refractivity contribution in [2.24, 2.45) is 17.8 Å². The number of carbonyl (C=O) groups excluding carboxylic acids is 2. The zero-order chi connectivity index (χ0) is 33.5. The molecule has 9 nitrogen and oxygen atoms in total. The zero-order valence-electron chi connectivity index (χ0n) is 26.9. The lowest BCUT2D eigenvalue weighted by atomic mass is 9.55. The van der Waals surface area contributed by atoms with Crippen LogP contribution in [0.2, 0.25) is 0 Å². The van der Waals surface area contributed by atoms with Gasteiger partial charge < -0.3 is 33.9 Å². The molecule has 248 valence electrons. The van der Waals surface area contributed by atoms with Crippen molar-refractivity contribution in [3.8, 4) is 11.5 Å². The van der Waals surface area contributed by atoms with Crippen LogP contribution in [-0.2, 0) is 41.4 Å². The summed E-state index contributed by atoms with van der Waals surface area (Å²) in [4.78, 5) is 27.0. The highest BCUT2D eigenvalue weighted by atomic mass is 127. The molecule has 2 N–H and O–H groups in total. The minimum atomic E-state index is -1.81. The monoisotopic (exact) mass is 754 g/mol. The van der Waals surface area contributed by atoms with Gasteiger partial charge in [-0.05, 0) is 88.8 Å². The quantitative estimate of drug-likeness (QED) is 0.209. The van der Waals surface area contributed by atoms with Crippen LogP contribution in [0.3, 0.4) is 0 Å². The van der Waals surface area contributed by atoms with E-state index in [0.29, 0.717) is 33.1 Å². The average Bonchev–Trinajstić information content (AvgIpc) is 3.33. The summed E-state index contributed by atoms with van der Waals surface area (Å²) in [6, 6.07) is 13.0. The molecule has 5 aliphatic rings. The van der Waals surface area contributed by atoms with Gasteiger partial charge in [0.1, 0.15) is 23.9 Å². The molecule has 47 heavy (non-hydrogen) atoms. The largest absolute Gasteiger partial charge is 0.504 e. The van der Waals surface area contributed by atoms with Crippen LogP contribution < -0.4 is 4.74 Å². The van der Waals surface area contributed by atoms with E-state index in [2.05, 4.69) is 36.1 Å². The minimum Gasteiger partial charge on any atom is -0.504 e. The molecule has 0 radical (unpaired) electrons. The van der Waals surface area contributed by atoms with Gasteiger partial charge >= 0.3 is 5.97 Å². The number of benzene rings is 2. The van der Waals surface area contributed by atoms with E-state index in [1.54, 1.807) is 13.0 Å². The molecule has 2 heterocycles. The number of ketones is 1. The highest BCUT2D eigenvalue weighted by molar-refractivity contribution is 14.1. The Morgan fingerprint density at radius 2 is 1.91 bits per heavy atom. The molecule has 3 bridgehead atoms. The van der Waals surface area contributed by atoms with Gasteiger partial charge in [0.25, 0.3) is 5.97 Å². The van der Waals surface area contributed by atoms with Gasteiger partial charge in [-0.2, -0.15) is 0 Å². The van der Waals surface area contributed by atoms with Crippen molar-refractivity contribution in [1.82, 2.24) is 0 Å². The van der Waals surface area contributed by atoms with Gasteiger partial charge in [-0.15, -0.1) is 0 Å². The van der Waals surface area contributed by atoms with Crippen LogP contribution >= 0.6 is 22.6 Å². The predicted molar refractivity (Wildman–Crippen MR) is 179 cm³/mol. The Bertz CT molecular complexity index is 1730. The fourth-order valence-corrected chi connectivity index (χ4v) is 9.39. The molecule has 3 fully saturated rings. The van der Waals surface area contributed by atoms with E-state index in [4.69, 9.17) is 23.7 Å². The molecule has 2 aliphatic heterocycles. The van der Waals surface area contributed by atoms with Gasteiger partial charge in [-0.25, -0.2) is 0 Å². The average molecular weight is 755 g/mol. The normalized spacial score (nSPS) is 36.6. The minimum absolute atomic E-state index is 0.0175. The molecule has 0 amide bonds. The maximum Gasteiger partial charge on any atom is 0.310 e. The lowest BCUT2D eigenvalue weighted by Crippen LogP contribution is -2.70. The number of phenols is 1. The number of halogens is 1. The molecule has 1 saturated carbocycles. The summed E-state index contributed by atoms with van der Waals surface area (Å²) in [5, 5.41) is 22.5. The summed E-state index contributed by atoms with van der Waals surface area (Å²) in [6.07, 6.45) is 4.13. The van der Waals surface area contributed by atoms with Crippen LogP contribution in [-0.4, -0.2) is 64.6 Å². The van der Waals surface area contributed by atoms with Crippen LogP contribution in [0, 0.1) is 21.3 Å². The van der Waals surface area contributed by atoms with E-state index in [1.807, 2.05) is 49.4 Å². The lowest BCUT2D eigenvalue weighted by Gasteiger charge is -2.59. The molecule has 3 aliphatic carbocycles. The highest BCUT2D eigenvalue weighted by Crippen LogP contribution is 2.68. The molecule has 2 saturated heterocycles. The Labute approximate surface area is 287 Å². The third-order valence-corrected chi connectivity index (χ3v) is 11.8. The molecule has 7 rings (SSSR count). The molecular weight excluding hydrogens is 715 g/mol. The number of aromatic hydroxyl groups is 1. The van der Waals surface area contributed by atoms with E-state index in [0.717, 1.165) is 11.1 Å². The Balaban J connectivity index is 1.27. The second kappa shape index (κ2) is 11.3. The Morgan fingerprint density at radius 1 is 1.17 bits per heavy atom. The van der Waals surface area contributed by atoms with E-state index in [9.17, 15) is 19.8 Å². The number of hydrogen-bond donors (Lipinski definition) is 2. The summed E-state index contributed by atoms with van der Waals surface area (Å²) < 4.78 is 32.6. The van der Waals surface area contributed by atoms with Crippen molar-refractivity contribution >= 4 is 34.3 Å². The van der Waals surface area contributed by atoms with E-state index in [-0.39, 0.29) is 42.6 Å². The Morgan fingerprint density at radius 3 is 2.62 bits per heavy atom. The number of carbonyl (C=O) groups is 2. The van der Waals surface area contributed by atoms with Gasteiger partial charge in [-0.3, -0.25) is 9.59 Å². The third-order valence-electron chi connectivity index (χ3n) is 10.8. The fourth-order valence-electron chi connectivity index (χ4n) is 8.75. The number of phenolic OH excluding ortho intramolecular Hbond substituents is 1. The second-order valence-electron chi connectivity index (χ2n) is 13.8. The molecular formula is C37H39IO9. The fraction of sp³-hybridized carbons (Fsp3) is 0.459. The number of hydrogen-bond acceptors (Lipinski definition) is 9.